The van der Waals surface area contributed by atoms with Gasteiger partial charge in [0.15, 0.2) is 0 Å². The van der Waals surface area contributed by atoms with Gasteiger partial charge in [0.2, 0.25) is 11.8 Å². The Hall–Kier alpha value is -2.80. The molecule has 1 aliphatic rings. The number of hydrogen-bond acceptors (Lipinski definition) is 3. The minimum Gasteiger partial charge on any atom is -0.374 e. The molecule has 3 rings (SSSR count). The summed E-state index contributed by atoms with van der Waals surface area (Å²) in [5, 5.41) is 2.82. The smallest absolute Gasteiger partial charge is 0.227 e. The first-order valence-corrected chi connectivity index (χ1v) is 9.56. The first-order chi connectivity index (χ1) is 13.8. The van der Waals surface area contributed by atoms with Gasteiger partial charge in [-0.15, -0.1) is 0 Å². The summed E-state index contributed by atoms with van der Waals surface area (Å²) in [5.41, 5.74) is 1.97. The van der Waals surface area contributed by atoms with E-state index in [1.165, 1.54) is 11.0 Å². The maximum atomic E-state index is 14.0. The predicted octanol–water partition coefficient (Wildman–Crippen LogP) is 3.56. The SMILES string of the molecule is CC(C)OCc1ccc(CNC(=O)C2CC(=O)N(c3ccc(F)cc3F)C2)cc1. The number of halogens is 2. The number of carbonyl (C=O) groups is 2. The highest BCUT2D eigenvalue weighted by Gasteiger charge is 2.36. The average molecular weight is 402 g/mol. The van der Waals surface area contributed by atoms with Crippen LogP contribution < -0.4 is 10.2 Å². The van der Waals surface area contributed by atoms with Crippen molar-refractivity contribution in [2.75, 3.05) is 11.4 Å². The Morgan fingerprint density at radius 3 is 2.52 bits per heavy atom. The van der Waals surface area contributed by atoms with Crippen molar-refractivity contribution in [3.8, 4) is 0 Å². The molecule has 2 aromatic carbocycles. The largest absolute Gasteiger partial charge is 0.374 e. The highest BCUT2D eigenvalue weighted by Crippen LogP contribution is 2.28. The summed E-state index contributed by atoms with van der Waals surface area (Å²) < 4.78 is 32.6. The van der Waals surface area contributed by atoms with Gasteiger partial charge < -0.3 is 15.0 Å². The summed E-state index contributed by atoms with van der Waals surface area (Å²) in [5.74, 6) is -2.73. The number of ether oxygens (including phenoxy) is 1. The number of nitrogens with zero attached hydrogens (tertiary/aromatic N) is 1. The van der Waals surface area contributed by atoms with Crippen molar-refractivity contribution in [3.63, 3.8) is 0 Å². The van der Waals surface area contributed by atoms with E-state index >= 15 is 0 Å². The molecule has 1 unspecified atom stereocenters. The second kappa shape index (κ2) is 9.13. The van der Waals surface area contributed by atoms with Gasteiger partial charge in [-0.2, -0.15) is 0 Å². The Kier molecular flexibility index (Phi) is 6.59. The fourth-order valence-electron chi connectivity index (χ4n) is 3.17. The molecule has 154 valence electrons. The fourth-order valence-corrected chi connectivity index (χ4v) is 3.17. The number of benzene rings is 2. The molecule has 0 saturated carbocycles. The molecule has 1 saturated heterocycles. The summed E-state index contributed by atoms with van der Waals surface area (Å²) in [6.07, 6.45) is 0.153. The van der Waals surface area contributed by atoms with E-state index in [9.17, 15) is 18.4 Å². The first-order valence-electron chi connectivity index (χ1n) is 9.56. The lowest BCUT2D eigenvalue weighted by atomic mass is 10.1. The zero-order chi connectivity index (χ0) is 21.0. The van der Waals surface area contributed by atoms with Crippen LogP contribution in [0.3, 0.4) is 0 Å². The molecule has 1 fully saturated rings. The van der Waals surface area contributed by atoms with Crippen molar-refractivity contribution in [3.05, 3.63) is 65.2 Å². The minimum atomic E-state index is -0.819. The highest BCUT2D eigenvalue weighted by atomic mass is 19.1. The molecule has 1 N–H and O–H groups in total. The number of carbonyl (C=O) groups excluding carboxylic acids is 2. The molecule has 2 amide bonds. The van der Waals surface area contributed by atoms with Gasteiger partial charge in [0, 0.05) is 25.6 Å². The van der Waals surface area contributed by atoms with Gasteiger partial charge in [0.25, 0.3) is 0 Å². The van der Waals surface area contributed by atoms with Crippen LogP contribution in [0.5, 0.6) is 0 Å². The van der Waals surface area contributed by atoms with Crippen LogP contribution in [0.25, 0.3) is 0 Å². The normalized spacial score (nSPS) is 16.5. The summed E-state index contributed by atoms with van der Waals surface area (Å²) in [4.78, 5) is 25.9. The standard InChI is InChI=1S/C22H24F2N2O3/c1-14(2)29-13-16-5-3-15(4-6-16)11-25-22(28)17-9-21(27)26(12-17)20-8-7-18(23)10-19(20)24/h3-8,10,14,17H,9,11-13H2,1-2H3,(H,25,28). The van der Waals surface area contributed by atoms with Crippen LogP contribution in [0.4, 0.5) is 14.5 Å². The van der Waals surface area contributed by atoms with E-state index in [1.54, 1.807) is 0 Å². The molecule has 5 nitrogen and oxygen atoms in total. The van der Waals surface area contributed by atoms with E-state index in [2.05, 4.69) is 5.32 Å². The monoisotopic (exact) mass is 402 g/mol. The zero-order valence-electron chi connectivity index (χ0n) is 16.5. The highest BCUT2D eigenvalue weighted by molar-refractivity contribution is 6.00. The van der Waals surface area contributed by atoms with Gasteiger partial charge in [-0.3, -0.25) is 9.59 Å². The maximum Gasteiger partial charge on any atom is 0.227 e. The Morgan fingerprint density at radius 1 is 1.17 bits per heavy atom. The number of hydrogen-bond donors (Lipinski definition) is 1. The van der Waals surface area contributed by atoms with Gasteiger partial charge in [0.1, 0.15) is 11.6 Å². The minimum absolute atomic E-state index is 0.00582. The topological polar surface area (TPSA) is 58.6 Å². The van der Waals surface area contributed by atoms with Crippen molar-refractivity contribution in [2.24, 2.45) is 5.92 Å². The Balaban J connectivity index is 1.54. The van der Waals surface area contributed by atoms with Crippen molar-refractivity contribution < 1.29 is 23.1 Å². The van der Waals surface area contributed by atoms with Crippen LogP contribution in [0.1, 0.15) is 31.4 Å². The first kappa shape index (κ1) is 20.9. The maximum absolute atomic E-state index is 14.0. The van der Waals surface area contributed by atoms with Gasteiger partial charge in [-0.25, -0.2) is 8.78 Å². The molecule has 1 heterocycles. The Bertz CT molecular complexity index is 884. The van der Waals surface area contributed by atoms with Crippen LogP contribution in [-0.4, -0.2) is 24.5 Å². The molecule has 2 aromatic rings. The second-order valence-corrected chi connectivity index (χ2v) is 7.40. The zero-order valence-corrected chi connectivity index (χ0v) is 16.5. The Morgan fingerprint density at radius 2 is 1.86 bits per heavy atom. The summed E-state index contributed by atoms with van der Waals surface area (Å²) in [6.45, 7) is 4.88. The molecular weight excluding hydrogens is 378 g/mol. The third-order valence-electron chi connectivity index (χ3n) is 4.77. The summed E-state index contributed by atoms with van der Waals surface area (Å²) in [6, 6.07) is 10.8. The lowest BCUT2D eigenvalue weighted by Crippen LogP contribution is -2.32. The fraction of sp³-hybridized carbons (Fsp3) is 0.364. The van der Waals surface area contributed by atoms with Crippen LogP contribution >= 0.6 is 0 Å². The van der Waals surface area contributed by atoms with Crippen LogP contribution in [0, 0.1) is 17.6 Å². The Labute approximate surface area is 168 Å². The van der Waals surface area contributed by atoms with Crippen LogP contribution in [-0.2, 0) is 27.5 Å². The molecule has 0 radical (unpaired) electrons. The number of rotatable bonds is 7. The van der Waals surface area contributed by atoms with E-state index in [0.717, 1.165) is 23.3 Å². The van der Waals surface area contributed by atoms with Gasteiger partial charge in [-0.05, 0) is 37.1 Å². The van der Waals surface area contributed by atoms with Crippen LogP contribution in [0.15, 0.2) is 42.5 Å². The second-order valence-electron chi connectivity index (χ2n) is 7.40. The summed E-state index contributed by atoms with van der Waals surface area (Å²) >= 11 is 0. The molecular formula is C22H24F2N2O3. The van der Waals surface area contributed by atoms with Gasteiger partial charge in [0.05, 0.1) is 24.3 Å². The van der Waals surface area contributed by atoms with Gasteiger partial charge >= 0.3 is 0 Å². The third-order valence-corrected chi connectivity index (χ3v) is 4.77. The molecule has 7 heteroatoms. The van der Waals surface area contributed by atoms with E-state index in [0.29, 0.717) is 13.2 Å². The average Bonchev–Trinajstić information content (AvgIpc) is 3.07. The number of amides is 2. The van der Waals surface area contributed by atoms with E-state index in [1.807, 2.05) is 38.1 Å². The molecule has 1 atom stereocenters. The molecule has 0 bridgehead atoms. The molecule has 0 aromatic heterocycles. The van der Waals surface area contributed by atoms with Crippen molar-refractivity contribution in [2.45, 2.75) is 39.5 Å². The van der Waals surface area contributed by atoms with E-state index in [-0.39, 0.29) is 36.6 Å². The molecule has 29 heavy (non-hydrogen) atoms. The molecule has 0 spiro atoms. The van der Waals surface area contributed by atoms with Crippen molar-refractivity contribution >= 4 is 17.5 Å². The lowest BCUT2D eigenvalue weighted by molar-refractivity contribution is -0.126. The number of nitrogens with one attached hydrogen (secondary N) is 1. The predicted molar refractivity (Wildman–Crippen MR) is 105 cm³/mol. The van der Waals surface area contributed by atoms with Crippen LogP contribution in [0.2, 0.25) is 0 Å². The van der Waals surface area contributed by atoms with Crippen molar-refractivity contribution in [1.29, 1.82) is 0 Å². The molecule has 0 aliphatic carbocycles. The van der Waals surface area contributed by atoms with Gasteiger partial charge in [-0.1, -0.05) is 24.3 Å². The molecule has 1 aliphatic heterocycles. The van der Waals surface area contributed by atoms with E-state index < -0.39 is 17.6 Å². The third kappa shape index (κ3) is 5.38. The lowest BCUT2D eigenvalue weighted by Gasteiger charge is -2.17. The summed E-state index contributed by atoms with van der Waals surface area (Å²) in [7, 11) is 0. The number of anilines is 1. The van der Waals surface area contributed by atoms with E-state index in [4.69, 9.17) is 4.74 Å². The van der Waals surface area contributed by atoms with Crippen molar-refractivity contribution in [1.82, 2.24) is 5.32 Å². The quantitative estimate of drug-likeness (QED) is 0.771.